The zero-order chi connectivity index (χ0) is 26.7. The SMILES string of the molecule is FC(F)(F)Oc1cccc(C[N-]CC2C3CN(Cc4nc5ccccc5[nH]4)CC23)c1.O=C(O)c1cscn1. The van der Waals surface area contributed by atoms with Crippen LogP contribution in [0.5, 0.6) is 5.75 Å². The molecule has 8 nitrogen and oxygen atoms in total. The molecule has 4 aromatic rings. The van der Waals surface area contributed by atoms with E-state index in [1.165, 1.54) is 34.4 Å². The smallest absolute Gasteiger partial charge is 0.573 e. The zero-order valence-electron chi connectivity index (χ0n) is 20.1. The van der Waals surface area contributed by atoms with Crippen molar-refractivity contribution >= 4 is 28.3 Å². The fraction of sp³-hybridized carbons (Fsp3) is 0.346. The zero-order valence-corrected chi connectivity index (χ0v) is 21.0. The molecule has 6 rings (SSSR count). The Kier molecular flexibility index (Phi) is 7.63. The minimum Gasteiger partial charge on any atom is -0.658 e. The second-order valence-corrected chi connectivity index (χ2v) is 10.0. The van der Waals surface area contributed by atoms with E-state index in [-0.39, 0.29) is 11.4 Å². The number of imidazole rings is 1. The van der Waals surface area contributed by atoms with Crippen LogP contribution >= 0.6 is 11.3 Å². The number of hydrogen-bond donors (Lipinski definition) is 2. The minimum atomic E-state index is -4.67. The van der Waals surface area contributed by atoms with Crippen molar-refractivity contribution in [3.05, 3.63) is 81.8 Å². The Balaban J connectivity index is 0.000000316. The summed E-state index contributed by atoms with van der Waals surface area (Å²) >= 11 is 1.28. The van der Waals surface area contributed by atoms with Crippen LogP contribution < -0.4 is 4.74 Å². The van der Waals surface area contributed by atoms with Crippen LogP contribution in [-0.4, -0.2) is 56.9 Å². The van der Waals surface area contributed by atoms with E-state index in [0.29, 0.717) is 24.3 Å². The molecule has 0 bridgehead atoms. The standard InChI is InChI=1S/C22H22F3N4O.C4H3NO2S/c23-22(24,25)30-15-5-3-4-14(8-15)9-26-10-16-17-11-29(12-18(16)17)13-21-27-19-6-1-2-7-20(19)28-21;6-4(7)3-1-8-2-5-3/h1-8,16-18H,9-13H2,(H,27,28);1-2H,(H,6,7)/q-1;. The highest BCUT2D eigenvalue weighted by Gasteiger charge is 2.53. The van der Waals surface area contributed by atoms with Crippen molar-refractivity contribution in [1.82, 2.24) is 19.9 Å². The summed E-state index contributed by atoms with van der Waals surface area (Å²) < 4.78 is 41.0. The van der Waals surface area contributed by atoms with Gasteiger partial charge in [0.15, 0.2) is 5.69 Å². The molecule has 2 fully saturated rings. The second-order valence-electron chi connectivity index (χ2n) is 9.32. The van der Waals surface area contributed by atoms with E-state index >= 15 is 0 Å². The highest BCUT2D eigenvalue weighted by molar-refractivity contribution is 7.07. The van der Waals surface area contributed by atoms with Gasteiger partial charge in [0.2, 0.25) is 0 Å². The number of ether oxygens (including phenoxy) is 1. The Hall–Kier alpha value is -3.48. The first-order valence-corrected chi connectivity index (χ1v) is 12.9. The molecule has 0 spiro atoms. The Morgan fingerprint density at radius 2 is 1.97 bits per heavy atom. The van der Waals surface area contributed by atoms with Crippen LogP contribution in [0, 0.1) is 17.8 Å². The van der Waals surface area contributed by atoms with Crippen molar-refractivity contribution in [1.29, 1.82) is 0 Å². The number of thiazole rings is 1. The molecule has 2 N–H and O–H groups in total. The Labute approximate surface area is 220 Å². The predicted octanol–water partition coefficient (Wildman–Crippen LogP) is 5.55. The second kappa shape index (κ2) is 11.1. The fourth-order valence-electron chi connectivity index (χ4n) is 4.93. The van der Waals surface area contributed by atoms with Crippen molar-refractivity contribution in [3.63, 3.8) is 0 Å². The minimum absolute atomic E-state index is 0.120. The molecule has 38 heavy (non-hydrogen) atoms. The van der Waals surface area contributed by atoms with Gasteiger partial charge in [0.1, 0.15) is 11.6 Å². The number of benzene rings is 2. The molecule has 1 aliphatic carbocycles. The van der Waals surface area contributed by atoms with Crippen LogP contribution in [0.2, 0.25) is 0 Å². The number of halogens is 3. The molecule has 0 radical (unpaired) electrons. The summed E-state index contributed by atoms with van der Waals surface area (Å²) in [6.45, 7) is 4.11. The van der Waals surface area contributed by atoms with Crippen LogP contribution in [0.4, 0.5) is 13.2 Å². The number of hydrogen-bond acceptors (Lipinski definition) is 6. The lowest BCUT2D eigenvalue weighted by Gasteiger charge is -2.23. The maximum absolute atomic E-state index is 12.3. The number of aromatic carboxylic acids is 1. The molecular weight excluding hydrogens is 519 g/mol. The number of nitrogens with one attached hydrogen (secondary N) is 1. The van der Waals surface area contributed by atoms with Gasteiger partial charge in [-0.2, -0.15) is 0 Å². The van der Waals surface area contributed by atoms with Crippen molar-refractivity contribution in [2.75, 3.05) is 19.6 Å². The van der Waals surface area contributed by atoms with E-state index in [2.05, 4.69) is 29.9 Å². The number of aromatic amines is 1. The number of carboxylic acid groups (broad SMARTS) is 1. The summed E-state index contributed by atoms with van der Waals surface area (Å²) in [5, 5.41) is 14.3. The molecule has 0 amide bonds. The molecule has 1 saturated heterocycles. The highest BCUT2D eigenvalue weighted by atomic mass is 32.1. The molecule has 3 heterocycles. The molecule has 1 saturated carbocycles. The predicted molar refractivity (Wildman–Crippen MR) is 136 cm³/mol. The topological polar surface area (TPSA) is 105 Å². The molecule has 2 atom stereocenters. The van der Waals surface area contributed by atoms with Gasteiger partial charge in [-0.3, -0.25) is 4.90 Å². The van der Waals surface area contributed by atoms with Crippen molar-refractivity contribution in [3.8, 4) is 5.75 Å². The molecule has 2 aromatic carbocycles. The largest absolute Gasteiger partial charge is 0.658 e. The lowest BCUT2D eigenvalue weighted by Crippen LogP contribution is -2.25. The van der Waals surface area contributed by atoms with Crippen molar-refractivity contribution < 1.29 is 27.8 Å². The molecule has 1 aliphatic heterocycles. The van der Waals surface area contributed by atoms with E-state index in [0.717, 1.165) is 48.6 Å². The van der Waals surface area contributed by atoms with Crippen LogP contribution in [0.25, 0.3) is 16.4 Å². The Bertz CT molecular complexity index is 1330. The number of likely N-dealkylation sites (tertiary alicyclic amines) is 1. The van der Waals surface area contributed by atoms with Gasteiger partial charge in [0, 0.05) is 18.5 Å². The number of carbonyl (C=O) groups is 1. The van der Waals surface area contributed by atoms with E-state index in [1.54, 1.807) is 12.1 Å². The maximum Gasteiger partial charge on any atom is 0.573 e. The third-order valence-electron chi connectivity index (χ3n) is 6.68. The Morgan fingerprint density at radius 1 is 1.18 bits per heavy atom. The van der Waals surface area contributed by atoms with Gasteiger partial charge >= 0.3 is 12.3 Å². The summed E-state index contributed by atoms with van der Waals surface area (Å²) in [5.74, 6) is 1.76. The molecule has 2 aliphatic rings. The quantitative estimate of drug-likeness (QED) is 0.301. The summed E-state index contributed by atoms with van der Waals surface area (Å²) in [6.07, 6.45) is -4.67. The van der Waals surface area contributed by atoms with Crippen LogP contribution in [0.3, 0.4) is 0 Å². The van der Waals surface area contributed by atoms with Gasteiger partial charge in [-0.05, 0) is 36.1 Å². The van der Waals surface area contributed by atoms with Crippen LogP contribution in [0.15, 0.2) is 59.4 Å². The summed E-state index contributed by atoms with van der Waals surface area (Å²) in [5.41, 5.74) is 4.41. The first-order valence-electron chi connectivity index (χ1n) is 12.0. The van der Waals surface area contributed by atoms with Gasteiger partial charge in [0.05, 0.1) is 23.1 Å². The van der Waals surface area contributed by atoms with E-state index in [1.807, 2.05) is 24.3 Å². The van der Waals surface area contributed by atoms with Gasteiger partial charge < -0.3 is 20.1 Å². The number of carboxylic acids is 1. The molecule has 12 heteroatoms. The van der Waals surface area contributed by atoms with Gasteiger partial charge in [0.25, 0.3) is 0 Å². The van der Waals surface area contributed by atoms with Gasteiger partial charge in [-0.1, -0.05) is 35.7 Å². The Morgan fingerprint density at radius 3 is 2.63 bits per heavy atom. The van der Waals surface area contributed by atoms with Crippen LogP contribution in [-0.2, 0) is 13.1 Å². The molecule has 2 unspecified atom stereocenters. The van der Waals surface area contributed by atoms with E-state index < -0.39 is 12.3 Å². The number of nitrogens with zero attached hydrogens (tertiary/aromatic N) is 4. The number of para-hydroxylation sites is 2. The highest BCUT2D eigenvalue weighted by Crippen LogP contribution is 2.52. The fourth-order valence-corrected chi connectivity index (χ4v) is 5.46. The monoisotopic (exact) mass is 544 g/mol. The summed E-state index contributed by atoms with van der Waals surface area (Å²) in [7, 11) is 0. The third-order valence-corrected chi connectivity index (χ3v) is 7.26. The first-order chi connectivity index (χ1) is 18.2. The van der Waals surface area contributed by atoms with E-state index in [4.69, 9.17) is 5.11 Å². The number of aromatic nitrogens is 3. The number of H-pyrrole nitrogens is 1. The van der Waals surface area contributed by atoms with E-state index in [9.17, 15) is 18.0 Å². The lowest BCUT2D eigenvalue weighted by molar-refractivity contribution is -0.274. The maximum atomic E-state index is 12.3. The van der Waals surface area contributed by atoms with Crippen molar-refractivity contribution in [2.45, 2.75) is 19.5 Å². The van der Waals surface area contributed by atoms with Crippen LogP contribution in [0.1, 0.15) is 21.9 Å². The molecule has 200 valence electrons. The number of piperidine rings is 1. The number of alkyl halides is 3. The third kappa shape index (κ3) is 6.69. The number of rotatable bonds is 8. The molecular formula is C26H25F3N5O3S-. The van der Waals surface area contributed by atoms with Crippen molar-refractivity contribution in [2.24, 2.45) is 17.8 Å². The summed E-state index contributed by atoms with van der Waals surface area (Å²) in [6, 6.07) is 14.1. The lowest BCUT2D eigenvalue weighted by atomic mass is 10.2. The van der Waals surface area contributed by atoms with Gasteiger partial charge in [-0.25, -0.2) is 14.8 Å². The number of fused-ring (bicyclic) bond motifs is 2. The summed E-state index contributed by atoms with van der Waals surface area (Å²) in [4.78, 5) is 24.0. The normalized spacial score (nSPS) is 20.6. The average Bonchev–Trinajstić information content (AvgIpc) is 3.36. The average molecular weight is 545 g/mol. The first kappa shape index (κ1) is 26.1. The molecule has 2 aromatic heterocycles. The van der Waals surface area contributed by atoms with Gasteiger partial charge in [-0.15, -0.1) is 37.6 Å².